The Bertz CT molecular complexity index is 2010. The van der Waals surface area contributed by atoms with Crippen molar-refractivity contribution in [1.29, 1.82) is 5.26 Å². The van der Waals surface area contributed by atoms with Crippen LogP contribution in [0, 0.1) is 11.3 Å². The molecule has 1 aromatic heterocycles. The minimum atomic E-state index is -0.550. The van der Waals surface area contributed by atoms with E-state index in [1.165, 1.54) is 0 Å². The lowest BCUT2D eigenvalue weighted by molar-refractivity contribution is 0.0209. The van der Waals surface area contributed by atoms with Crippen molar-refractivity contribution in [3.8, 4) is 17.7 Å². The van der Waals surface area contributed by atoms with Crippen molar-refractivity contribution in [3.63, 3.8) is 0 Å². The number of amides is 1. The smallest absolute Gasteiger partial charge is 0.410 e. The van der Waals surface area contributed by atoms with Crippen LogP contribution in [0.4, 0.5) is 16.3 Å². The van der Waals surface area contributed by atoms with Crippen molar-refractivity contribution in [2.45, 2.75) is 89.8 Å². The molecular formula is C43H50N6O4. The fraction of sp³-hybridized carbons (Fsp3) is 0.465. The van der Waals surface area contributed by atoms with E-state index in [4.69, 9.17) is 19.2 Å². The van der Waals surface area contributed by atoms with E-state index in [1.54, 1.807) is 0 Å². The first-order valence-electron chi connectivity index (χ1n) is 19.1. The lowest BCUT2D eigenvalue weighted by Gasteiger charge is -2.43. The number of hydrogen-bond donors (Lipinski definition) is 0. The molecule has 3 aromatic carbocycles. The number of piperazine rings is 1. The molecule has 0 radical (unpaired) electrons. The fourth-order valence-corrected chi connectivity index (χ4v) is 8.67. The van der Waals surface area contributed by atoms with Crippen LogP contribution in [0.15, 0.2) is 66.7 Å². The number of likely N-dealkylation sites (N-methyl/N-ethyl adjacent to an activating group) is 1. The van der Waals surface area contributed by atoms with Gasteiger partial charge in [0.05, 0.1) is 0 Å². The third-order valence-corrected chi connectivity index (χ3v) is 11.3. The van der Waals surface area contributed by atoms with Gasteiger partial charge in [-0.25, -0.2) is 4.79 Å². The normalized spacial score (nSPS) is 21.4. The van der Waals surface area contributed by atoms with Crippen LogP contribution in [-0.2, 0) is 24.3 Å². The quantitative estimate of drug-likeness (QED) is 0.186. The molecule has 3 fully saturated rings. The molecule has 3 saturated heterocycles. The number of fused-ring (bicyclic) bond motifs is 4. The highest BCUT2D eigenvalue weighted by molar-refractivity contribution is 5.96. The Morgan fingerprint density at radius 1 is 0.943 bits per heavy atom. The van der Waals surface area contributed by atoms with E-state index in [-0.39, 0.29) is 24.2 Å². The maximum atomic E-state index is 13.2. The van der Waals surface area contributed by atoms with Gasteiger partial charge in [-0.1, -0.05) is 54.6 Å². The van der Waals surface area contributed by atoms with Crippen molar-refractivity contribution >= 4 is 28.4 Å². The van der Waals surface area contributed by atoms with Gasteiger partial charge in [0.1, 0.15) is 42.0 Å². The van der Waals surface area contributed by atoms with Gasteiger partial charge in [-0.2, -0.15) is 10.2 Å². The number of likely N-dealkylation sites (tertiary alicyclic amines) is 2. The van der Waals surface area contributed by atoms with E-state index in [0.29, 0.717) is 44.3 Å². The summed E-state index contributed by atoms with van der Waals surface area (Å²) >= 11 is 0. The molecule has 4 aliphatic rings. The Morgan fingerprint density at radius 3 is 2.42 bits per heavy atom. The van der Waals surface area contributed by atoms with Crippen LogP contribution < -0.4 is 19.3 Å². The van der Waals surface area contributed by atoms with E-state index in [9.17, 15) is 10.1 Å². The van der Waals surface area contributed by atoms with Crippen LogP contribution in [0.3, 0.4) is 0 Å². The van der Waals surface area contributed by atoms with Crippen molar-refractivity contribution in [2.24, 2.45) is 0 Å². The van der Waals surface area contributed by atoms with Crippen LogP contribution in [0.5, 0.6) is 11.6 Å². The summed E-state index contributed by atoms with van der Waals surface area (Å²) in [6.45, 7) is 10.2. The lowest BCUT2D eigenvalue weighted by Crippen LogP contribution is -2.56. The zero-order chi connectivity index (χ0) is 36.7. The molecule has 3 atom stereocenters. The Kier molecular flexibility index (Phi) is 9.54. The number of rotatable bonds is 8. The highest BCUT2D eigenvalue weighted by Gasteiger charge is 2.45. The van der Waals surface area contributed by atoms with Gasteiger partial charge in [0.25, 0.3) is 0 Å². The second kappa shape index (κ2) is 14.4. The zero-order valence-electron chi connectivity index (χ0n) is 31.4. The van der Waals surface area contributed by atoms with Gasteiger partial charge in [-0.05, 0) is 83.5 Å². The summed E-state index contributed by atoms with van der Waals surface area (Å²) in [4.78, 5) is 27.4. The zero-order valence-corrected chi connectivity index (χ0v) is 31.4. The first kappa shape index (κ1) is 35.0. The van der Waals surface area contributed by atoms with E-state index in [1.807, 2.05) is 43.9 Å². The fourth-order valence-electron chi connectivity index (χ4n) is 8.67. The number of hydrogen-bond acceptors (Lipinski definition) is 9. The predicted molar refractivity (Wildman–Crippen MR) is 207 cm³/mol. The number of ether oxygens (including phenoxy) is 3. The summed E-state index contributed by atoms with van der Waals surface area (Å²) in [7, 11) is 2.14. The van der Waals surface area contributed by atoms with Crippen LogP contribution in [0.2, 0.25) is 0 Å². The van der Waals surface area contributed by atoms with Gasteiger partial charge in [-0.15, -0.1) is 0 Å². The topological polar surface area (TPSA) is 94.4 Å². The van der Waals surface area contributed by atoms with E-state index < -0.39 is 5.60 Å². The minimum absolute atomic E-state index is 0.111. The van der Waals surface area contributed by atoms with Gasteiger partial charge >= 0.3 is 6.09 Å². The van der Waals surface area contributed by atoms with E-state index >= 15 is 0 Å². The largest absolute Gasteiger partial charge is 0.489 e. The predicted octanol–water partition coefficient (Wildman–Crippen LogP) is 7.31. The van der Waals surface area contributed by atoms with Gasteiger partial charge in [0, 0.05) is 72.6 Å². The Morgan fingerprint density at radius 2 is 1.70 bits per heavy atom. The molecule has 4 aromatic rings. The number of nitriles is 1. The van der Waals surface area contributed by atoms with E-state index in [0.717, 1.165) is 89.9 Å². The Hall–Kier alpha value is -5.01. The molecule has 10 heteroatoms. The van der Waals surface area contributed by atoms with Crippen molar-refractivity contribution < 1.29 is 19.0 Å². The summed E-state index contributed by atoms with van der Waals surface area (Å²) in [5.41, 5.74) is 4.27. The summed E-state index contributed by atoms with van der Waals surface area (Å²) in [6, 6.07) is 26.0. The SMILES string of the molecule is CN1CCC[C@@H]1COc1nc(N2[C@@H]3CC[C@H]2CN(C(=O)OC(C)(C)C)C3)c2c(c1C#N)CN(c1cc(OCc3ccccc3)cc3ccccc13)CC2. The summed E-state index contributed by atoms with van der Waals surface area (Å²) in [5, 5.41) is 13.0. The number of pyridine rings is 1. The first-order chi connectivity index (χ1) is 25.6. The average molecular weight is 715 g/mol. The molecule has 2 bridgehead atoms. The van der Waals surface area contributed by atoms with Crippen molar-refractivity contribution in [3.05, 3.63) is 89.0 Å². The van der Waals surface area contributed by atoms with Gasteiger partial charge in [-0.3, -0.25) is 0 Å². The second-order valence-electron chi connectivity index (χ2n) is 16.1. The summed E-state index contributed by atoms with van der Waals surface area (Å²) in [5.74, 6) is 2.14. The average Bonchev–Trinajstić information content (AvgIpc) is 3.68. The Labute approximate surface area is 312 Å². The van der Waals surface area contributed by atoms with E-state index in [2.05, 4.69) is 76.3 Å². The molecule has 0 unspecified atom stereocenters. The van der Waals surface area contributed by atoms with Crippen LogP contribution >= 0.6 is 0 Å². The van der Waals surface area contributed by atoms with Gasteiger partial charge in [0.2, 0.25) is 5.88 Å². The third-order valence-electron chi connectivity index (χ3n) is 11.3. The molecular weight excluding hydrogens is 665 g/mol. The van der Waals surface area contributed by atoms with Gasteiger partial charge < -0.3 is 33.8 Å². The summed E-state index contributed by atoms with van der Waals surface area (Å²) in [6.07, 6.45) is 4.62. The molecule has 8 rings (SSSR count). The number of benzene rings is 3. The molecule has 0 N–H and O–H groups in total. The highest BCUT2D eigenvalue weighted by atomic mass is 16.6. The first-order valence-corrected chi connectivity index (χ1v) is 19.1. The third kappa shape index (κ3) is 7.19. The Balaban J connectivity index is 1.15. The number of carbonyl (C=O) groups is 1. The second-order valence-corrected chi connectivity index (χ2v) is 16.1. The van der Waals surface area contributed by atoms with Crippen molar-refractivity contribution in [1.82, 2.24) is 14.8 Å². The molecule has 0 spiro atoms. The monoisotopic (exact) mass is 714 g/mol. The van der Waals surface area contributed by atoms with Crippen LogP contribution in [-0.4, -0.2) is 84.4 Å². The number of anilines is 2. The molecule has 53 heavy (non-hydrogen) atoms. The molecule has 1 amide bonds. The van der Waals surface area contributed by atoms with Crippen LogP contribution in [0.1, 0.15) is 68.7 Å². The summed E-state index contributed by atoms with van der Waals surface area (Å²) < 4.78 is 18.7. The molecule has 0 saturated carbocycles. The van der Waals surface area contributed by atoms with Gasteiger partial charge in [0.15, 0.2) is 0 Å². The lowest BCUT2D eigenvalue weighted by atomic mass is 9.94. The van der Waals surface area contributed by atoms with Crippen LogP contribution in [0.25, 0.3) is 10.8 Å². The number of carbonyl (C=O) groups excluding carboxylic acids is 1. The maximum Gasteiger partial charge on any atom is 0.410 e. The molecule has 276 valence electrons. The highest BCUT2D eigenvalue weighted by Crippen LogP contribution is 2.43. The molecule has 10 nitrogen and oxygen atoms in total. The molecule has 4 aliphatic heterocycles. The molecule has 0 aliphatic carbocycles. The number of aromatic nitrogens is 1. The molecule has 5 heterocycles. The van der Waals surface area contributed by atoms with Crippen molar-refractivity contribution in [2.75, 3.05) is 49.6 Å². The standard InChI is InChI=1S/C43H50N6O4/c1-43(2,3)53-42(50)48-24-31-16-17-32(25-48)49(31)40-36-18-20-47(26-38(36)37(23-44)41(45-40)52-28-33-14-10-19-46(33)4)39-22-34(21-30-13-8-9-15-35(30)39)51-27-29-11-6-5-7-12-29/h5-9,11-13,15,21-22,31-33H,10,14,16-20,24-28H2,1-4H3/t31-,32+,33-/m1/s1. The number of nitrogens with zero attached hydrogens (tertiary/aromatic N) is 6. The maximum absolute atomic E-state index is 13.2. The minimum Gasteiger partial charge on any atom is -0.489 e.